The number of hydrogen-bond acceptors (Lipinski definition) is 4. The Bertz CT molecular complexity index is 428. The van der Waals surface area contributed by atoms with Gasteiger partial charge in [0.2, 0.25) is 5.58 Å². The molecule has 2 heterocycles. The molecular weight excluding hydrogens is 166 g/mol. The topological polar surface area (TPSA) is 51.8 Å². The molecule has 0 radical (unpaired) electrons. The number of hydrogen-bond donors (Lipinski definition) is 0. The molecule has 4 heteroatoms. The van der Waals surface area contributed by atoms with Crippen LogP contribution >= 0.6 is 0 Å². The van der Waals surface area contributed by atoms with Gasteiger partial charge < -0.3 is 4.52 Å². The quantitative estimate of drug-likeness (QED) is 0.616. The highest BCUT2D eigenvalue weighted by atomic mass is 16.5. The van der Waals surface area contributed by atoms with Gasteiger partial charge in [0.1, 0.15) is 17.5 Å². The van der Waals surface area contributed by atoms with Crippen molar-refractivity contribution in [2.45, 2.75) is 26.2 Å². The van der Waals surface area contributed by atoms with Crippen LogP contribution < -0.4 is 0 Å². The van der Waals surface area contributed by atoms with E-state index in [-0.39, 0.29) is 5.41 Å². The third kappa shape index (κ3) is 1.28. The van der Waals surface area contributed by atoms with Crippen molar-refractivity contribution in [3.8, 4) is 0 Å². The van der Waals surface area contributed by atoms with E-state index in [2.05, 4.69) is 35.9 Å². The van der Waals surface area contributed by atoms with Gasteiger partial charge in [-0.2, -0.15) is 0 Å². The van der Waals surface area contributed by atoms with Crippen molar-refractivity contribution in [1.82, 2.24) is 15.1 Å². The van der Waals surface area contributed by atoms with Crippen LogP contribution in [-0.4, -0.2) is 15.1 Å². The zero-order valence-corrected chi connectivity index (χ0v) is 7.90. The summed E-state index contributed by atoms with van der Waals surface area (Å²) in [4.78, 5) is 8.00. The highest BCUT2D eigenvalue weighted by Crippen LogP contribution is 2.26. The van der Waals surface area contributed by atoms with E-state index in [9.17, 15) is 0 Å². The van der Waals surface area contributed by atoms with E-state index in [0.29, 0.717) is 5.58 Å². The number of rotatable bonds is 0. The summed E-state index contributed by atoms with van der Waals surface area (Å²) in [6.45, 7) is 6.23. The van der Waals surface area contributed by atoms with E-state index in [4.69, 9.17) is 4.52 Å². The first-order chi connectivity index (χ1) is 6.09. The van der Waals surface area contributed by atoms with Crippen LogP contribution in [0.25, 0.3) is 11.1 Å². The van der Waals surface area contributed by atoms with Crippen molar-refractivity contribution in [3.05, 3.63) is 18.2 Å². The minimum absolute atomic E-state index is 0.0421. The summed E-state index contributed by atoms with van der Waals surface area (Å²) in [6, 6.07) is 0. The molecule has 0 amide bonds. The van der Waals surface area contributed by atoms with Crippen molar-refractivity contribution < 1.29 is 4.52 Å². The Hall–Kier alpha value is -1.45. The van der Waals surface area contributed by atoms with Crippen molar-refractivity contribution in [1.29, 1.82) is 0 Å². The lowest BCUT2D eigenvalue weighted by Crippen LogP contribution is -2.12. The second kappa shape index (κ2) is 2.52. The van der Waals surface area contributed by atoms with Crippen LogP contribution in [0.1, 0.15) is 26.5 Å². The Morgan fingerprint density at radius 3 is 2.77 bits per heavy atom. The van der Waals surface area contributed by atoms with Crippen LogP contribution in [0.2, 0.25) is 0 Å². The maximum absolute atomic E-state index is 5.10. The first kappa shape index (κ1) is 8.16. The minimum atomic E-state index is -0.0421. The first-order valence-electron chi connectivity index (χ1n) is 4.15. The zero-order chi connectivity index (χ0) is 9.47. The van der Waals surface area contributed by atoms with E-state index in [1.165, 1.54) is 6.33 Å². The second-order valence-corrected chi connectivity index (χ2v) is 4.02. The van der Waals surface area contributed by atoms with Gasteiger partial charge in [0.05, 0.1) is 6.20 Å². The Balaban J connectivity index is 2.72. The molecule has 0 spiro atoms. The monoisotopic (exact) mass is 177 g/mol. The molecule has 2 aromatic rings. The predicted molar refractivity (Wildman–Crippen MR) is 48.3 cm³/mol. The van der Waals surface area contributed by atoms with E-state index >= 15 is 0 Å². The maximum atomic E-state index is 5.10. The summed E-state index contributed by atoms with van der Waals surface area (Å²) in [7, 11) is 0. The number of fused-ring (bicyclic) bond motifs is 1. The molecule has 2 rings (SSSR count). The van der Waals surface area contributed by atoms with Gasteiger partial charge in [-0.15, -0.1) is 0 Å². The Kier molecular flexibility index (Phi) is 1.58. The fourth-order valence-electron chi connectivity index (χ4n) is 1.19. The standard InChI is InChI=1S/C9H11N3O/c1-9(2,3)8-7-6(13-12-8)4-10-5-11-7/h4-5H,1-3H3. The van der Waals surface area contributed by atoms with E-state index in [1.807, 2.05) is 0 Å². The van der Waals surface area contributed by atoms with Crippen LogP contribution in [0.3, 0.4) is 0 Å². The summed E-state index contributed by atoms with van der Waals surface area (Å²) in [6.07, 6.45) is 3.14. The van der Waals surface area contributed by atoms with Crippen molar-refractivity contribution in [2.75, 3.05) is 0 Å². The van der Waals surface area contributed by atoms with Gasteiger partial charge >= 0.3 is 0 Å². The average Bonchev–Trinajstić information content (AvgIpc) is 2.45. The highest BCUT2D eigenvalue weighted by molar-refractivity contribution is 5.74. The summed E-state index contributed by atoms with van der Waals surface area (Å²) < 4.78 is 5.10. The zero-order valence-electron chi connectivity index (χ0n) is 7.90. The molecule has 0 unspecified atom stereocenters. The molecule has 0 aromatic carbocycles. The molecule has 0 saturated heterocycles. The van der Waals surface area contributed by atoms with Gasteiger partial charge in [0, 0.05) is 5.41 Å². The molecule has 0 aliphatic carbocycles. The third-order valence-corrected chi connectivity index (χ3v) is 1.85. The van der Waals surface area contributed by atoms with E-state index < -0.39 is 0 Å². The van der Waals surface area contributed by atoms with Crippen LogP contribution in [-0.2, 0) is 5.41 Å². The van der Waals surface area contributed by atoms with Crippen LogP contribution in [0.5, 0.6) is 0 Å². The minimum Gasteiger partial charge on any atom is -0.353 e. The highest BCUT2D eigenvalue weighted by Gasteiger charge is 2.22. The fraction of sp³-hybridized carbons (Fsp3) is 0.444. The molecule has 0 bridgehead atoms. The molecule has 2 aromatic heterocycles. The van der Waals surface area contributed by atoms with Gasteiger partial charge in [0.15, 0.2) is 0 Å². The summed E-state index contributed by atoms with van der Waals surface area (Å²) >= 11 is 0. The SMILES string of the molecule is CC(C)(C)c1noc2cncnc12. The first-order valence-corrected chi connectivity index (χ1v) is 4.15. The summed E-state index contributed by atoms with van der Waals surface area (Å²) in [5.41, 5.74) is 2.29. The van der Waals surface area contributed by atoms with Crippen molar-refractivity contribution in [2.24, 2.45) is 0 Å². The molecule has 0 aliphatic rings. The molecular formula is C9H11N3O. The van der Waals surface area contributed by atoms with Crippen LogP contribution in [0, 0.1) is 0 Å². The lowest BCUT2D eigenvalue weighted by Gasteiger charge is -2.13. The van der Waals surface area contributed by atoms with Crippen LogP contribution in [0.15, 0.2) is 17.0 Å². The Morgan fingerprint density at radius 1 is 1.31 bits per heavy atom. The number of aromatic nitrogens is 3. The summed E-state index contributed by atoms with van der Waals surface area (Å²) in [5, 5.41) is 3.99. The van der Waals surface area contributed by atoms with E-state index in [0.717, 1.165) is 11.2 Å². The molecule has 4 nitrogen and oxygen atoms in total. The van der Waals surface area contributed by atoms with Gasteiger partial charge in [-0.3, -0.25) is 0 Å². The lowest BCUT2D eigenvalue weighted by molar-refractivity contribution is 0.419. The molecule has 13 heavy (non-hydrogen) atoms. The summed E-state index contributed by atoms with van der Waals surface area (Å²) in [5.74, 6) is 0. The smallest absolute Gasteiger partial charge is 0.203 e. The molecule has 0 aliphatic heterocycles. The van der Waals surface area contributed by atoms with Crippen LogP contribution in [0.4, 0.5) is 0 Å². The van der Waals surface area contributed by atoms with E-state index in [1.54, 1.807) is 6.20 Å². The second-order valence-electron chi connectivity index (χ2n) is 4.02. The predicted octanol–water partition coefficient (Wildman–Crippen LogP) is 1.92. The van der Waals surface area contributed by atoms with Gasteiger partial charge in [-0.05, 0) is 0 Å². The maximum Gasteiger partial charge on any atom is 0.203 e. The fourth-order valence-corrected chi connectivity index (χ4v) is 1.19. The molecule has 0 saturated carbocycles. The normalized spacial score (nSPS) is 12.2. The van der Waals surface area contributed by atoms with Crippen molar-refractivity contribution in [3.63, 3.8) is 0 Å². The van der Waals surface area contributed by atoms with Gasteiger partial charge in [-0.1, -0.05) is 25.9 Å². The lowest BCUT2D eigenvalue weighted by atomic mass is 9.92. The van der Waals surface area contributed by atoms with Gasteiger partial charge in [0.25, 0.3) is 0 Å². The average molecular weight is 177 g/mol. The number of nitrogens with zero attached hydrogens (tertiary/aromatic N) is 3. The third-order valence-electron chi connectivity index (χ3n) is 1.85. The van der Waals surface area contributed by atoms with Gasteiger partial charge in [-0.25, -0.2) is 9.97 Å². The van der Waals surface area contributed by atoms with Crippen molar-refractivity contribution >= 4 is 11.1 Å². The Morgan fingerprint density at radius 2 is 2.08 bits per heavy atom. The molecule has 0 N–H and O–H groups in total. The Labute approximate surface area is 76.0 Å². The molecule has 0 atom stereocenters. The molecule has 0 fully saturated rings. The largest absolute Gasteiger partial charge is 0.353 e. The molecule has 68 valence electrons.